The maximum Gasteiger partial charge on any atom is 0.401 e. The molecule has 0 aromatic heterocycles. The van der Waals surface area contributed by atoms with Gasteiger partial charge in [-0.3, -0.25) is 4.90 Å². The number of rotatable bonds is 6. The Morgan fingerprint density at radius 1 is 1.21 bits per heavy atom. The normalized spacial score (nSPS) is 19.8. The first kappa shape index (κ1) is 16.7. The molecule has 0 radical (unpaired) electrons. The predicted molar refractivity (Wildman–Crippen MR) is 66.4 cm³/mol. The van der Waals surface area contributed by atoms with Crippen molar-refractivity contribution in [1.82, 2.24) is 14.9 Å². The van der Waals surface area contributed by atoms with Crippen molar-refractivity contribution in [3.63, 3.8) is 0 Å². The van der Waals surface area contributed by atoms with Crippen molar-refractivity contribution < 1.29 is 21.6 Å². The molecule has 0 aromatic rings. The molecule has 0 bridgehead atoms. The van der Waals surface area contributed by atoms with Crippen molar-refractivity contribution >= 4 is 10.0 Å². The molecule has 0 amide bonds. The van der Waals surface area contributed by atoms with Crippen LogP contribution in [0.3, 0.4) is 0 Å². The molecule has 0 atom stereocenters. The summed E-state index contributed by atoms with van der Waals surface area (Å²) in [4.78, 5) is 1.40. The van der Waals surface area contributed by atoms with Gasteiger partial charge in [-0.2, -0.15) is 13.2 Å². The van der Waals surface area contributed by atoms with Crippen LogP contribution < -0.4 is 10.0 Å². The fraction of sp³-hybridized carbons (Fsp3) is 1.00. The molecule has 0 spiro atoms. The van der Waals surface area contributed by atoms with E-state index in [4.69, 9.17) is 0 Å². The zero-order valence-corrected chi connectivity index (χ0v) is 11.6. The van der Waals surface area contributed by atoms with E-state index in [1.165, 1.54) is 4.90 Å². The number of halogens is 3. The zero-order valence-electron chi connectivity index (χ0n) is 10.8. The lowest BCUT2D eigenvalue weighted by molar-refractivity contribution is -0.148. The van der Waals surface area contributed by atoms with Crippen LogP contribution in [-0.2, 0) is 10.0 Å². The van der Waals surface area contributed by atoms with Crippen LogP contribution in [0.1, 0.15) is 12.8 Å². The van der Waals surface area contributed by atoms with E-state index in [0.717, 1.165) is 6.26 Å². The third-order valence-corrected chi connectivity index (χ3v) is 3.64. The number of hydrogen-bond donors (Lipinski definition) is 2. The highest BCUT2D eigenvalue weighted by Gasteiger charge is 2.32. The van der Waals surface area contributed by atoms with Crippen molar-refractivity contribution in [2.24, 2.45) is 0 Å². The topological polar surface area (TPSA) is 61.4 Å². The molecule has 1 aliphatic heterocycles. The Balaban J connectivity index is 2.13. The van der Waals surface area contributed by atoms with E-state index in [2.05, 4.69) is 10.0 Å². The van der Waals surface area contributed by atoms with Crippen LogP contribution in [0.4, 0.5) is 13.2 Å². The van der Waals surface area contributed by atoms with Crippen LogP contribution in [0.25, 0.3) is 0 Å². The van der Waals surface area contributed by atoms with E-state index >= 15 is 0 Å². The van der Waals surface area contributed by atoms with Crippen molar-refractivity contribution in [1.29, 1.82) is 0 Å². The molecule has 9 heteroatoms. The minimum absolute atomic E-state index is 0.158. The van der Waals surface area contributed by atoms with Crippen LogP contribution in [0.5, 0.6) is 0 Å². The molecule has 5 nitrogen and oxygen atoms in total. The van der Waals surface area contributed by atoms with Crippen LogP contribution >= 0.6 is 0 Å². The van der Waals surface area contributed by atoms with Gasteiger partial charge in [-0.25, -0.2) is 13.1 Å². The standard InChI is InChI=1S/C10H20F3N3O2S/c1-19(17,18)15-5-4-14-9-2-6-16(7-3-9)8-10(11,12)13/h9,14-15H,2-8H2,1H3. The van der Waals surface area contributed by atoms with Crippen molar-refractivity contribution in [3.8, 4) is 0 Å². The van der Waals surface area contributed by atoms with Crippen LogP contribution in [-0.4, -0.2) is 64.5 Å². The number of sulfonamides is 1. The number of nitrogens with one attached hydrogen (secondary N) is 2. The highest BCUT2D eigenvalue weighted by atomic mass is 32.2. The lowest BCUT2D eigenvalue weighted by Gasteiger charge is -2.32. The molecule has 1 rings (SSSR count). The number of alkyl halides is 3. The molecule has 0 aliphatic carbocycles. The van der Waals surface area contributed by atoms with Gasteiger partial charge in [0.2, 0.25) is 10.0 Å². The Kier molecular flexibility index (Phi) is 6.03. The van der Waals surface area contributed by atoms with E-state index in [0.29, 0.717) is 39.0 Å². The largest absolute Gasteiger partial charge is 0.401 e. The second kappa shape index (κ2) is 6.87. The maximum atomic E-state index is 12.2. The summed E-state index contributed by atoms with van der Waals surface area (Å²) in [5.74, 6) is 0. The second-order valence-corrected chi connectivity index (χ2v) is 6.62. The van der Waals surface area contributed by atoms with Gasteiger partial charge in [0.15, 0.2) is 0 Å². The number of piperidine rings is 1. The van der Waals surface area contributed by atoms with Crippen molar-refractivity contribution in [2.45, 2.75) is 25.1 Å². The molecular formula is C10H20F3N3O2S. The summed E-state index contributed by atoms with van der Waals surface area (Å²) in [6.45, 7) is 0.751. The average Bonchev–Trinajstić information content (AvgIpc) is 2.23. The van der Waals surface area contributed by atoms with Gasteiger partial charge in [0, 0.05) is 19.1 Å². The molecule has 0 saturated carbocycles. The van der Waals surface area contributed by atoms with Gasteiger partial charge in [-0.1, -0.05) is 0 Å². The third-order valence-electron chi connectivity index (χ3n) is 2.91. The first-order valence-electron chi connectivity index (χ1n) is 6.13. The Labute approximate surface area is 111 Å². The monoisotopic (exact) mass is 303 g/mol. The van der Waals surface area contributed by atoms with Crippen molar-refractivity contribution in [3.05, 3.63) is 0 Å². The summed E-state index contributed by atoms with van der Waals surface area (Å²) in [5, 5.41) is 3.14. The van der Waals surface area contributed by atoms with Gasteiger partial charge < -0.3 is 5.32 Å². The SMILES string of the molecule is CS(=O)(=O)NCCNC1CCN(CC(F)(F)F)CC1. The zero-order chi connectivity index (χ0) is 14.5. The Hall–Kier alpha value is -0.380. The van der Waals surface area contributed by atoms with Gasteiger partial charge in [0.1, 0.15) is 0 Å². The summed E-state index contributed by atoms with van der Waals surface area (Å²) in [7, 11) is -3.18. The van der Waals surface area contributed by atoms with E-state index in [-0.39, 0.29) is 6.04 Å². The Morgan fingerprint density at radius 2 is 1.79 bits per heavy atom. The van der Waals surface area contributed by atoms with Crippen LogP contribution in [0, 0.1) is 0 Å². The smallest absolute Gasteiger partial charge is 0.313 e. The number of hydrogen-bond acceptors (Lipinski definition) is 4. The molecule has 19 heavy (non-hydrogen) atoms. The number of nitrogens with zero attached hydrogens (tertiary/aromatic N) is 1. The molecule has 1 saturated heterocycles. The maximum absolute atomic E-state index is 12.2. The van der Waals surface area contributed by atoms with Gasteiger partial charge in [0.05, 0.1) is 12.8 Å². The summed E-state index contributed by atoms with van der Waals surface area (Å²) in [5.41, 5.74) is 0. The van der Waals surface area contributed by atoms with E-state index in [1.54, 1.807) is 0 Å². The van der Waals surface area contributed by atoms with E-state index in [9.17, 15) is 21.6 Å². The van der Waals surface area contributed by atoms with Gasteiger partial charge in [-0.05, 0) is 25.9 Å². The highest BCUT2D eigenvalue weighted by molar-refractivity contribution is 7.88. The van der Waals surface area contributed by atoms with Crippen molar-refractivity contribution in [2.75, 3.05) is 39.0 Å². The summed E-state index contributed by atoms with van der Waals surface area (Å²) in [6.07, 6.45) is -1.76. The summed E-state index contributed by atoms with van der Waals surface area (Å²) >= 11 is 0. The van der Waals surface area contributed by atoms with Gasteiger partial charge in [0.25, 0.3) is 0 Å². The predicted octanol–water partition coefficient (Wildman–Crippen LogP) is 0.152. The quantitative estimate of drug-likeness (QED) is 0.686. The molecule has 1 aliphatic rings. The average molecular weight is 303 g/mol. The molecule has 0 unspecified atom stereocenters. The van der Waals surface area contributed by atoms with Gasteiger partial charge >= 0.3 is 6.18 Å². The summed E-state index contributed by atoms with van der Waals surface area (Å²) < 4.78 is 60.5. The Bertz CT molecular complexity index is 365. The summed E-state index contributed by atoms with van der Waals surface area (Å²) in [6, 6.07) is 0.158. The fourth-order valence-electron chi connectivity index (χ4n) is 2.06. The lowest BCUT2D eigenvalue weighted by atomic mass is 10.1. The molecule has 0 aromatic carbocycles. The van der Waals surface area contributed by atoms with Crippen LogP contribution in [0.15, 0.2) is 0 Å². The fourth-order valence-corrected chi connectivity index (χ4v) is 2.53. The lowest BCUT2D eigenvalue weighted by Crippen LogP contribution is -2.46. The molecule has 2 N–H and O–H groups in total. The molecule has 1 heterocycles. The van der Waals surface area contributed by atoms with Gasteiger partial charge in [-0.15, -0.1) is 0 Å². The van der Waals surface area contributed by atoms with E-state index < -0.39 is 22.7 Å². The number of likely N-dealkylation sites (tertiary alicyclic amines) is 1. The Morgan fingerprint density at radius 3 is 2.26 bits per heavy atom. The highest BCUT2D eigenvalue weighted by Crippen LogP contribution is 2.19. The first-order valence-corrected chi connectivity index (χ1v) is 8.02. The second-order valence-electron chi connectivity index (χ2n) is 4.79. The van der Waals surface area contributed by atoms with E-state index in [1.807, 2.05) is 0 Å². The molecule has 114 valence electrons. The molecular weight excluding hydrogens is 283 g/mol. The molecule has 1 fully saturated rings. The minimum Gasteiger partial charge on any atom is -0.313 e. The minimum atomic E-state index is -4.14. The first-order chi connectivity index (χ1) is 8.66. The third kappa shape index (κ3) is 8.40. The van der Waals surface area contributed by atoms with Crippen LogP contribution in [0.2, 0.25) is 0 Å².